The molecule has 4 rings (SSSR count). The molecule has 0 bridgehead atoms. The lowest BCUT2D eigenvalue weighted by atomic mass is 10.1. The van der Waals surface area contributed by atoms with E-state index < -0.39 is 11.9 Å². The van der Waals surface area contributed by atoms with Gasteiger partial charge in [-0.05, 0) is 50.6 Å². The van der Waals surface area contributed by atoms with Crippen LogP contribution in [0.5, 0.6) is 0 Å². The second kappa shape index (κ2) is 10.1. The van der Waals surface area contributed by atoms with Crippen LogP contribution >= 0.6 is 11.6 Å². The molecule has 0 radical (unpaired) electrons. The highest BCUT2D eigenvalue weighted by molar-refractivity contribution is 6.31. The van der Waals surface area contributed by atoms with Gasteiger partial charge in [-0.2, -0.15) is 5.10 Å². The number of nitrogens with one attached hydrogen (secondary N) is 1. The summed E-state index contributed by atoms with van der Waals surface area (Å²) in [5.41, 5.74) is 5.49. The van der Waals surface area contributed by atoms with Crippen LogP contribution in [0.25, 0.3) is 10.9 Å². The Kier molecular flexibility index (Phi) is 6.93. The number of pyridine rings is 1. The summed E-state index contributed by atoms with van der Waals surface area (Å²) in [6.07, 6.45) is 0. The van der Waals surface area contributed by atoms with E-state index in [1.807, 2.05) is 48.9 Å². The van der Waals surface area contributed by atoms with E-state index in [1.165, 1.54) is 0 Å². The predicted molar refractivity (Wildman–Crippen MR) is 131 cm³/mol. The first-order valence-corrected chi connectivity index (χ1v) is 11.3. The molecule has 0 aliphatic carbocycles. The van der Waals surface area contributed by atoms with Gasteiger partial charge < -0.3 is 10.1 Å². The number of ether oxygens (including phenoxy) is 1. The van der Waals surface area contributed by atoms with Crippen molar-refractivity contribution in [2.24, 2.45) is 0 Å². The van der Waals surface area contributed by atoms with Gasteiger partial charge in [0.05, 0.1) is 29.0 Å². The summed E-state index contributed by atoms with van der Waals surface area (Å²) in [6, 6.07) is 17.0. The van der Waals surface area contributed by atoms with Gasteiger partial charge in [-0.15, -0.1) is 0 Å². The van der Waals surface area contributed by atoms with Crippen LogP contribution in [0.4, 0.5) is 0 Å². The number of fused-ring (bicyclic) bond motifs is 1. The fourth-order valence-corrected chi connectivity index (χ4v) is 3.98. The molecular weight excluding hydrogens is 452 g/mol. The van der Waals surface area contributed by atoms with Crippen LogP contribution in [0.2, 0.25) is 5.02 Å². The van der Waals surface area contributed by atoms with Crippen LogP contribution in [0.1, 0.15) is 38.6 Å². The van der Waals surface area contributed by atoms with Crippen molar-refractivity contribution in [2.45, 2.75) is 33.9 Å². The maximum absolute atomic E-state index is 12.6. The summed E-state index contributed by atoms with van der Waals surface area (Å²) in [4.78, 5) is 29.4. The largest absolute Gasteiger partial charge is 0.452 e. The Morgan fingerprint density at radius 3 is 2.56 bits per heavy atom. The minimum Gasteiger partial charge on any atom is -0.452 e. The molecule has 0 saturated heterocycles. The van der Waals surface area contributed by atoms with Crippen molar-refractivity contribution in [3.63, 3.8) is 0 Å². The monoisotopic (exact) mass is 476 g/mol. The maximum atomic E-state index is 12.6. The molecule has 1 amide bonds. The van der Waals surface area contributed by atoms with Gasteiger partial charge in [-0.3, -0.25) is 14.5 Å². The van der Waals surface area contributed by atoms with Gasteiger partial charge in [0.2, 0.25) is 0 Å². The Labute approximate surface area is 202 Å². The summed E-state index contributed by atoms with van der Waals surface area (Å²) in [5.74, 6) is -0.998. The normalized spacial score (nSPS) is 10.9. The Bertz CT molecular complexity index is 1370. The van der Waals surface area contributed by atoms with Crippen LogP contribution in [0.3, 0.4) is 0 Å². The molecule has 4 aromatic rings. The number of amides is 1. The molecule has 0 fully saturated rings. The molecule has 34 heavy (non-hydrogen) atoms. The molecular formula is C26H25ClN4O3. The number of hydrogen-bond donors (Lipinski definition) is 1. The smallest absolute Gasteiger partial charge is 0.340 e. The molecule has 7 nitrogen and oxygen atoms in total. The van der Waals surface area contributed by atoms with Gasteiger partial charge >= 0.3 is 5.97 Å². The van der Waals surface area contributed by atoms with Gasteiger partial charge in [0.1, 0.15) is 0 Å². The summed E-state index contributed by atoms with van der Waals surface area (Å²) in [7, 11) is 0. The van der Waals surface area contributed by atoms with Gasteiger partial charge in [0.25, 0.3) is 5.91 Å². The van der Waals surface area contributed by atoms with Gasteiger partial charge in [0.15, 0.2) is 6.61 Å². The second-order valence-corrected chi connectivity index (χ2v) is 8.54. The number of carbonyl (C=O) groups excluding carboxylic acids is 2. The van der Waals surface area contributed by atoms with Crippen LogP contribution in [0, 0.1) is 20.8 Å². The summed E-state index contributed by atoms with van der Waals surface area (Å²) in [5, 5.41) is 8.70. The number of aryl methyl sites for hydroxylation is 2. The first-order chi connectivity index (χ1) is 16.3. The standard InChI is InChI=1S/C26H25ClN4O3/c1-16-22(12-20-11-21(27)9-10-24(20)29-16)26(33)34-15-25(32)28-13-23-17(2)30-31(18(23)3)14-19-7-5-4-6-8-19/h4-12H,13-15H2,1-3H3,(H,28,32). The highest BCUT2D eigenvalue weighted by Crippen LogP contribution is 2.21. The Morgan fingerprint density at radius 2 is 1.79 bits per heavy atom. The van der Waals surface area contributed by atoms with E-state index >= 15 is 0 Å². The molecule has 2 aromatic carbocycles. The van der Waals surface area contributed by atoms with E-state index in [0.29, 0.717) is 29.4 Å². The minimum atomic E-state index is -0.606. The first-order valence-electron chi connectivity index (χ1n) is 10.9. The zero-order valence-electron chi connectivity index (χ0n) is 19.3. The molecule has 2 heterocycles. The Balaban J connectivity index is 1.35. The SMILES string of the molecule is Cc1nc2ccc(Cl)cc2cc1C(=O)OCC(=O)NCc1c(C)nn(Cc2ccccc2)c1C. The van der Waals surface area contributed by atoms with Crippen molar-refractivity contribution in [3.8, 4) is 0 Å². The quantitative estimate of drug-likeness (QED) is 0.396. The number of benzene rings is 2. The summed E-state index contributed by atoms with van der Waals surface area (Å²) in [6.45, 7) is 6.19. The maximum Gasteiger partial charge on any atom is 0.340 e. The van der Waals surface area contributed by atoms with E-state index in [9.17, 15) is 9.59 Å². The third-order valence-corrected chi connectivity index (χ3v) is 5.93. The second-order valence-electron chi connectivity index (χ2n) is 8.10. The number of nitrogens with zero attached hydrogens (tertiary/aromatic N) is 3. The van der Waals surface area contributed by atoms with Crippen LogP contribution in [0.15, 0.2) is 54.6 Å². The zero-order chi connectivity index (χ0) is 24.2. The fraction of sp³-hybridized carbons (Fsp3) is 0.231. The van der Waals surface area contributed by atoms with Gasteiger partial charge in [0, 0.05) is 28.2 Å². The number of halogens is 1. The van der Waals surface area contributed by atoms with Gasteiger partial charge in [-0.1, -0.05) is 41.9 Å². The topological polar surface area (TPSA) is 86.1 Å². The number of carbonyl (C=O) groups is 2. The summed E-state index contributed by atoms with van der Waals surface area (Å²) < 4.78 is 7.16. The predicted octanol–water partition coefficient (Wildman–Crippen LogP) is 4.53. The van der Waals surface area contributed by atoms with Crippen molar-refractivity contribution in [2.75, 3.05) is 6.61 Å². The van der Waals surface area contributed by atoms with Gasteiger partial charge in [-0.25, -0.2) is 4.79 Å². The van der Waals surface area contributed by atoms with Crippen LogP contribution in [-0.4, -0.2) is 33.2 Å². The molecule has 1 N–H and O–H groups in total. The third kappa shape index (κ3) is 5.26. The third-order valence-electron chi connectivity index (χ3n) is 5.69. The Morgan fingerprint density at radius 1 is 1.03 bits per heavy atom. The van der Waals surface area contributed by atoms with Crippen molar-refractivity contribution in [3.05, 3.63) is 93.4 Å². The van der Waals surface area contributed by atoms with E-state index in [4.69, 9.17) is 16.3 Å². The van der Waals surface area contributed by atoms with Crippen LogP contribution < -0.4 is 5.32 Å². The van der Waals surface area contributed by atoms with Crippen molar-refractivity contribution < 1.29 is 14.3 Å². The lowest BCUT2D eigenvalue weighted by Crippen LogP contribution is -2.29. The van der Waals surface area contributed by atoms with E-state index in [-0.39, 0.29) is 6.61 Å². The number of esters is 1. The average molecular weight is 477 g/mol. The lowest BCUT2D eigenvalue weighted by molar-refractivity contribution is -0.124. The van der Waals surface area contributed by atoms with Crippen LogP contribution in [-0.2, 0) is 22.6 Å². The molecule has 2 aromatic heterocycles. The molecule has 0 aliphatic rings. The molecule has 0 unspecified atom stereocenters. The highest BCUT2D eigenvalue weighted by atomic mass is 35.5. The minimum absolute atomic E-state index is 0.302. The van der Waals surface area contributed by atoms with E-state index in [0.717, 1.165) is 33.4 Å². The first kappa shape index (κ1) is 23.4. The number of rotatable bonds is 7. The lowest BCUT2D eigenvalue weighted by Gasteiger charge is -2.10. The van der Waals surface area contributed by atoms with E-state index in [2.05, 4.69) is 15.4 Å². The highest BCUT2D eigenvalue weighted by Gasteiger charge is 2.17. The molecule has 0 saturated carbocycles. The molecule has 0 atom stereocenters. The molecule has 0 spiro atoms. The number of aromatic nitrogens is 3. The van der Waals surface area contributed by atoms with Crippen molar-refractivity contribution >= 4 is 34.4 Å². The number of hydrogen-bond acceptors (Lipinski definition) is 5. The molecule has 0 aliphatic heterocycles. The summed E-state index contributed by atoms with van der Waals surface area (Å²) >= 11 is 6.04. The molecule has 8 heteroatoms. The van der Waals surface area contributed by atoms with Crippen molar-refractivity contribution in [1.82, 2.24) is 20.1 Å². The van der Waals surface area contributed by atoms with Crippen molar-refractivity contribution in [1.29, 1.82) is 0 Å². The fourth-order valence-electron chi connectivity index (χ4n) is 3.80. The molecule has 174 valence electrons. The zero-order valence-corrected chi connectivity index (χ0v) is 20.0. The van der Waals surface area contributed by atoms with E-state index in [1.54, 1.807) is 31.2 Å². The average Bonchev–Trinajstić information content (AvgIpc) is 3.08. The Hall–Kier alpha value is -3.71.